The first kappa shape index (κ1) is 11.4. The zero-order valence-electron chi connectivity index (χ0n) is 8.82. The Morgan fingerprint density at radius 3 is 2.81 bits per heavy atom. The summed E-state index contributed by atoms with van der Waals surface area (Å²) in [4.78, 5) is 0. The van der Waals surface area contributed by atoms with Crippen LogP contribution < -0.4 is 0 Å². The SMILES string of the molecule is CCCn1cnnc1-c1ccc(Cl)cc1Cl. The van der Waals surface area contributed by atoms with E-state index in [9.17, 15) is 0 Å². The summed E-state index contributed by atoms with van der Waals surface area (Å²) >= 11 is 12.0. The summed E-state index contributed by atoms with van der Waals surface area (Å²) in [5.74, 6) is 0.781. The molecule has 1 aromatic heterocycles. The van der Waals surface area contributed by atoms with Crippen LogP contribution in [0.15, 0.2) is 24.5 Å². The van der Waals surface area contributed by atoms with Gasteiger partial charge in [0.05, 0.1) is 5.02 Å². The van der Waals surface area contributed by atoms with Gasteiger partial charge in [0.2, 0.25) is 0 Å². The molecule has 0 aliphatic rings. The van der Waals surface area contributed by atoms with E-state index in [1.54, 1.807) is 18.5 Å². The fourth-order valence-electron chi connectivity index (χ4n) is 1.54. The molecule has 84 valence electrons. The topological polar surface area (TPSA) is 30.7 Å². The molecule has 2 aromatic rings. The highest BCUT2D eigenvalue weighted by atomic mass is 35.5. The first-order valence-corrected chi connectivity index (χ1v) is 5.81. The van der Waals surface area contributed by atoms with Gasteiger partial charge >= 0.3 is 0 Å². The van der Waals surface area contributed by atoms with Crippen molar-refractivity contribution in [3.8, 4) is 11.4 Å². The molecule has 5 heteroatoms. The minimum atomic E-state index is 0.595. The van der Waals surface area contributed by atoms with Gasteiger partial charge in [0.1, 0.15) is 6.33 Å². The smallest absolute Gasteiger partial charge is 0.165 e. The Balaban J connectivity index is 2.46. The number of benzene rings is 1. The lowest BCUT2D eigenvalue weighted by molar-refractivity contribution is 0.683. The summed E-state index contributed by atoms with van der Waals surface area (Å²) in [5, 5.41) is 9.20. The molecule has 0 atom stereocenters. The molecular formula is C11H11Cl2N3. The van der Waals surface area contributed by atoms with E-state index in [1.807, 2.05) is 10.6 Å². The van der Waals surface area contributed by atoms with E-state index < -0.39 is 0 Å². The summed E-state index contributed by atoms with van der Waals surface area (Å²) in [6.07, 6.45) is 2.74. The van der Waals surface area contributed by atoms with E-state index in [1.165, 1.54) is 0 Å². The maximum Gasteiger partial charge on any atom is 0.165 e. The molecule has 0 fully saturated rings. The van der Waals surface area contributed by atoms with Crippen LogP contribution in [0.4, 0.5) is 0 Å². The van der Waals surface area contributed by atoms with Crippen LogP contribution in [-0.4, -0.2) is 14.8 Å². The van der Waals surface area contributed by atoms with Crippen molar-refractivity contribution in [2.45, 2.75) is 19.9 Å². The van der Waals surface area contributed by atoms with Gasteiger partial charge in [-0.15, -0.1) is 10.2 Å². The molecule has 3 nitrogen and oxygen atoms in total. The maximum atomic E-state index is 6.13. The van der Waals surface area contributed by atoms with Crippen molar-refractivity contribution in [1.82, 2.24) is 14.8 Å². The van der Waals surface area contributed by atoms with Crippen LogP contribution in [0.1, 0.15) is 13.3 Å². The first-order chi connectivity index (χ1) is 7.72. The molecule has 1 aromatic carbocycles. The molecule has 0 N–H and O–H groups in total. The number of rotatable bonds is 3. The lowest BCUT2D eigenvalue weighted by Gasteiger charge is -2.06. The third kappa shape index (κ3) is 2.20. The third-order valence-corrected chi connectivity index (χ3v) is 2.80. The van der Waals surface area contributed by atoms with Crippen molar-refractivity contribution in [2.24, 2.45) is 0 Å². The van der Waals surface area contributed by atoms with E-state index >= 15 is 0 Å². The number of aryl methyl sites for hydroxylation is 1. The van der Waals surface area contributed by atoms with Crippen LogP contribution in [0, 0.1) is 0 Å². The molecule has 0 aliphatic carbocycles. The quantitative estimate of drug-likeness (QED) is 0.838. The van der Waals surface area contributed by atoms with Crippen LogP contribution >= 0.6 is 23.2 Å². The predicted octanol–water partition coefficient (Wildman–Crippen LogP) is 3.66. The van der Waals surface area contributed by atoms with E-state index in [-0.39, 0.29) is 0 Å². The number of aromatic nitrogens is 3. The first-order valence-electron chi connectivity index (χ1n) is 5.05. The Bertz CT molecular complexity index is 494. The lowest BCUT2D eigenvalue weighted by Crippen LogP contribution is -1.98. The van der Waals surface area contributed by atoms with Gasteiger partial charge in [0.15, 0.2) is 5.82 Å². The van der Waals surface area contributed by atoms with E-state index in [2.05, 4.69) is 17.1 Å². The summed E-state index contributed by atoms with van der Waals surface area (Å²) < 4.78 is 1.98. The van der Waals surface area contributed by atoms with E-state index in [4.69, 9.17) is 23.2 Å². The Morgan fingerprint density at radius 1 is 1.31 bits per heavy atom. The third-order valence-electron chi connectivity index (χ3n) is 2.25. The molecular weight excluding hydrogens is 245 g/mol. The largest absolute Gasteiger partial charge is 0.314 e. The monoisotopic (exact) mass is 255 g/mol. The lowest BCUT2D eigenvalue weighted by atomic mass is 10.2. The molecule has 0 saturated heterocycles. The van der Waals surface area contributed by atoms with Crippen LogP contribution in [0.2, 0.25) is 10.0 Å². The van der Waals surface area contributed by atoms with E-state index in [0.717, 1.165) is 24.4 Å². The zero-order valence-corrected chi connectivity index (χ0v) is 10.3. The average molecular weight is 256 g/mol. The van der Waals surface area contributed by atoms with E-state index in [0.29, 0.717) is 10.0 Å². The Labute approximate surface area is 104 Å². The molecule has 0 bridgehead atoms. The van der Waals surface area contributed by atoms with Crippen molar-refractivity contribution >= 4 is 23.2 Å². The number of hydrogen-bond donors (Lipinski definition) is 0. The predicted molar refractivity (Wildman–Crippen MR) is 65.8 cm³/mol. The van der Waals surface area contributed by atoms with Crippen molar-refractivity contribution in [3.05, 3.63) is 34.6 Å². The van der Waals surface area contributed by atoms with Gasteiger partial charge in [-0.3, -0.25) is 0 Å². The Kier molecular flexibility index (Phi) is 3.46. The summed E-state index contributed by atoms with van der Waals surface area (Å²) in [6.45, 7) is 2.98. The molecule has 0 saturated carbocycles. The Morgan fingerprint density at radius 2 is 2.12 bits per heavy atom. The normalized spacial score (nSPS) is 10.7. The fourth-order valence-corrected chi connectivity index (χ4v) is 2.03. The highest BCUT2D eigenvalue weighted by Crippen LogP contribution is 2.28. The number of halogens is 2. The molecule has 0 radical (unpaired) electrons. The van der Waals surface area contributed by atoms with Crippen LogP contribution in [-0.2, 0) is 6.54 Å². The summed E-state index contributed by atoms with van der Waals surface area (Å²) in [5.41, 5.74) is 0.858. The minimum Gasteiger partial charge on any atom is -0.314 e. The summed E-state index contributed by atoms with van der Waals surface area (Å²) in [7, 11) is 0. The number of nitrogens with zero attached hydrogens (tertiary/aromatic N) is 3. The van der Waals surface area contributed by atoms with Crippen LogP contribution in [0.3, 0.4) is 0 Å². The standard InChI is InChI=1S/C11H11Cl2N3/c1-2-5-16-7-14-15-11(16)9-4-3-8(12)6-10(9)13/h3-4,6-7H,2,5H2,1H3. The minimum absolute atomic E-state index is 0.595. The van der Waals surface area contributed by atoms with Crippen LogP contribution in [0.5, 0.6) is 0 Å². The highest BCUT2D eigenvalue weighted by Gasteiger charge is 2.10. The van der Waals surface area contributed by atoms with Gasteiger partial charge in [-0.1, -0.05) is 30.1 Å². The maximum absolute atomic E-state index is 6.13. The molecule has 0 spiro atoms. The second kappa shape index (κ2) is 4.85. The van der Waals surface area contributed by atoms with Crippen LogP contribution in [0.25, 0.3) is 11.4 Å². The second-order valence-electron chi connectivity index (χ2n) is 3.47. The highest BCUT2D eigenvalue weighted by molar-refractivity contribution is 6.36. The van der Waals surface area contributed by atoms with Gasteiger partial charge in [0.25, 0.3) is 0 Å². The zero-order chi connectivity index (χ0) is 11.5. The fraction of sp³-hybridized carbons (Fsp3) is 0.273. The summed E-state index contributed by atoms with van der Waals surface area (Å²) in [6, 6.07) is 5.37. The molecule has 2 rings (SSSR count). The molecule has 0 amide bonds. The van der Waals surface area contributed by atoms with Crippen molar-refractivity contribution in [3.63, 3.8) is 0 Å². The molecule has 0 unspecified atom stereocenters. The van der Waals surface area contributed by atoms with Crippen molar-refractivity contribution < 1.29 is 0 Å². The van der Waals surface area contributed by atoms with Gasteiger partial charge in [-0.25, -0.2) is 0 Å². The second-order valence-corrected chi connectivity index (χ2v) is 4.32. The van der Waals surface area contributed by atoms with Gasteiger partial charge in [-0.05, 0) is 24.6 Å². The van der Waals surface area contributed by atoms with Crippen molar-refractivity contribution in [1.29, 1.82) is 0 Å². The van der Waals surface area contributed by atoms with Crippen molar-refractivity contribution in [2.75, 3.05) is 0 Å². The number of hydrogen-bond acceptors (Lipinski definition) is 2. The molecule has 1 heterocycles. The molecule has 0 aliphatic heterocycles. The van der Waals surface area contributed by atoms with Gasteiger partial charge < -0.3 is 4.57 Å². The van der Waals surface area contributed by atoms with Gasteiger partial charge in [0, 0.05) is 17.1 Å². The molecule has 16 heavy (non-hydrogen) atoms. The van der Waals surface area contributed by atoms with Gasteiger partial charge in [-0.2, -0.15) is 0 Å². The average Bonchev–Trinajstić information content (AvgIpc) is 2.67. The Hall–Kier alpha value is -1.06.